The molecule has 2 N–H and O–H groups in total. The van der Waals surface area contributed by atoms with Crippen LogP contribution in [0, 0.1) is 17.0 Å². The first-order valence-corrected chi connectivity index (χ1v) is 10.1. The lowest BCUT2D eigenvalue weighted by atomic mass is 9.75. The van der Waals surface area contributed by atoms with Crippen LogP contribution in [-0.2, 0) is 9.59 Å². The monoisotopic (exact) mass is 418 g/mol. The number of allylic oxidation sites excluding steroid dienone is 3. The summed E-state index contributed by atoms with van der Waals surface area (Å²) in [5, 5.41) is 17.4. The van der Waals surface area contributed by atoms with Crippen LogP contribution in [0.1, 0.15) is 43.4 Å². The number of nitrogens with one attached hydrogen (secondary N) is 2. The van der Waals surface area contributed by atoms with E-state index in [1.165, 1.54) is 12.1 Å². The Hall–Kier alpha value is -3.81. The van der Waals surface area contributed by atoms with E-state index in [-0.39, 0.29) is 11.5 Å². The number of anilines is 1. The van der Waals surface area contributed by atoms with Gasteiger partial charge in [-0.05, 0) is 44.4 Å². The molecule has 1 atom stereocenters. The molecule has 2 aromatic rings. The third-order valence-electron chi connectivity index (χ3n) is 5.56. The van der Waals surface area contributed by atoms with Gasteiger partial charge in [0.15, 0.2) is 5.78 Å². The van der Waals surface area contributed by atoms with Gasteiger partial charge in [-0.1, -0.05) is 18.2 Å². The van der Waals surface area contributed by atoms with Gasteiger partial charge in [0, 0.05) is 52.7 Å². The number of hydrogen-bond donors (Lipinski definition) is 2. The van der Waals surface area contributed by atoms with Gasteiger partial charge in [-0.15, -0.1) is 0 Å². The predicted molar refractivity (Wildman–Crippen MR) is 115 cm³/mol. The van der Waals surface area contributed by atoms with E-state index in [0.717, 1.165) is 17.8 Å². The fraction of sp³-hybridized carbons (Fsp3) is 0.261. The normalized spacial score (nSPS) is 18.4. The zero-order chi connectivity index (χ0) is 22.1. The molecule has 0 saturated heterocycles. The zero-order valence-electron chi connectivity index (χ0n) is 17.3. The number of aryl methyl sites for hydroxylation is 1. The molecule has 0 radical (unpaired) electrons. The van der Waals surface area contributed by atoms with E-state index in [1.54, 1.807) is 31.2 Å². The van der Waals surface area contributed by atoms with Crippen LogP contribution in [0.4, 0.5) is 11.5 Å². The van der Waals surface area contributed by atoms with Crippen molar-refractivity contribution in [1.29, 1.82) is 0 Å². The van der Waals surface area contributed by atoms with E-state index in [4.69, 9.17) is 0 Å². The number of aromatic nitrogens is 1. The van der Waals surface area contributed by atoms with Crippen LogP contribution in [0.15, 0.2) is 65.0 Å². The average molecular weight is 418 g/mol. The number of ketones is 1. The number of nitro benzene ring substituents is 1. The molecule has 0 bridgehead atoms. The molecule has 1 aromatic heterocycles. The number of dihydropyridines is 1. The first-order chi connectivity index (χ1) is 14.8. The van der Waals surface area contributed by atoms with Crippen molar-refractivity contribution in [3.63, 3.8) is 0 Å². The van der Waals surface area contributed by atoms with Gasteiger partial charge in [0.05, 0.1) is 4.92 Å². The second-order valence-electron chi connectivity index (χ2n) is 7.74. The van der Waals surface area contributed by atoms with Gasteiger partial charge in [0.2, 0.25) is 0 Å². The van der Waals surface area contributed by atoms with Crippen LogP contribution in [-0.4, -0.2) is 21.6 Å². The Labute approximate surface area is 179 Å². The molecule has 1 aromatic carbocycles. The third kappa shape index (κ3) is 3.96. The summed E-state index contributed by atoms with van der Waals surface area (Å²) in [6, 6.07) is 11.4. The molecular formula is C23H22N4O4. The Bertz CT molecular complexity index is 1170. The lowest BCUT2D eigenvalue weighted by molar-refractivity contribution is -0.384. The maximum Gasteiger partial charge on any atom is 0.269 e. The number of carbonyl (C=O) groups is 2. The lowest BCUT2D eigenvalue weighted by Crippen LogP contribution is -2.35. The molecule has 4 rings (SSSR count). The first kappa shape index (κ1) is 20.5. The summed E-state index contributed by atoms with van der Waals surface area (Å²) >= 11 is 0. The molecule has 2 aliphatic rings. The Balaban J connectivity index is 1.82. The van der Waals surface area contributed by atoms with Crippen molar-refractivity contribution in [2.75, 3.05) is 5.32 Å². The number of rotatable bonds is 4. The second kappa shape index (κ2) is 8.14. The zero-order valence-corrected chi connectivity index (χ0v) is 17.3. The van der Waals surface area contributed by atoms with Crippen LogP contribution in [0.2, 0.25) is 0 Å². The van der Waals surface area contributed by atoms with Crippen molar-refractivity contribution in [3.8, 4) is 0 Å². The minimum Gasteiger partial charge on any atom is -0.362 e. The van der Waals surface area contributed by atoms with Gasteiger partial charge in [0.1, 0.15) is 5.82 Å². The Morgan fingerprint density at radius 2 is 1.97 bits per heavy atom. The number of carbonyl (C=O) groups excluding carboxylic acids is 2. The smallest absolute Gasteiger partial charge is 0.269 e. The van der Waals surface area contributed by atoms with Crippen molar-refractivity contribution in [1.82, 2.24) is 10.3 Å². The number of pyridine rings is 1. The van der Waals surface area contributed by atoms with Gasteiger partial charge in [-0.2, -0.15) is 0 Å². The first-order valence-electron chi connectivity index (χ1n) is 10.1. The number of amides is 1. The fourth-order valence-electron chi connectivity index (χ4n) is 4.23. The molecule has 0 fully saturated rings. The molecule has 0 saturated carbocycles. The Kier molecular flexibility index (Phi) is 5.37. The van der Waals surface area contributed by atoms with E-state index in [9.17, 15) is 19.7 Å². The van der Waals surface area contributed by atoms with Crippen LogP contribution in [0.25, 0.3) is 0 Å². The largest absolute Gasteiger partial charge is 0.362 e. The highest BCUT2D eigenvalue weighted by molar-refractivity contribution is 6.09. The van der Waals surface area contributed by atoms with E-state index < -0.39 is 16.7 Å². The highest BCUT2D eigenvalue weighted by atomic mass is 16.6. The SMILES string of the molecule is CC1=C(C(=O)Nc2cccc(C)n2)[C@@H](c2cccc([N+](=O)[O-])c2)C2=C(CCCC2=O)N1. The summed E-state index contributed by atoms with van der Waals surface area (Å²) in [5.41, 5.74) is 3.50. The summed E-state index contributed by atoms with van der Waals surface area (Å²) in [6.07, 6.45) is 1.81. The molecule has 158 valence electrons. The van der Waals surface area contributed by atoms with Crippen molar-refractivity contribution >= 4 is 23.2 Å². The molecule has 1 aliphatic heterocycles. The minimum absolute atomic E-state index is 0.0447. The van der Waals surface area contributed by atoms with Gasteiger partial charge in [-0.3, -0.25) is 19.7 Å². The number of benzene rings is 1. The number of nitrogens with zero attached hydrogens (tertiary/aromatic N) is 2. The fourth-order valence-corrected chi connectivity index (χ4v) is 4.23. The third-order valence-corrected chi connectivity index (χ3v) is 5.56. The minimum atomic E-state index is -0.686. The summed E-state index contributed by atoms with van der Waals surface area (Å²) in [4.78, 5) is 41.5. The van der Waals surface area contributed by atoms with Gasteiger partial charge < -0.3 is 10.6 Å². The van der Waals surface area contributed by atoms with Crippen molar-refractivity contribution in [3.05, 3.63) is 86.4 Å². The summed E-state index contributed by atoms with van der Waals surface area (Å²) in [6.45, 7) is 3.61. The lowest BCUT2D eigenvalue weighted by Gasteiger charge is -2.34. The maximum atomic E-state index is 13.4. The number of hydrogen-bond acceptors (Lipinski definition) is 6. The van der Waals surface area contributed by atoms with E-state index in [0.29, 0.717) is 41.1 Å². The van der Waals surface area contributed by atoms with Gasteiger partial charge in [0.25, 0.3) is 11.6 Å². The summed E-state index contributed by atoms with van der Waals surface area (Å²) in [7, 11) is 0. The van der Waals surface area contributed by atoms with Crippen molar-refractivity contribution in [2.45, 2.75) is 39.0 Å². The van der Waals surface area contributed by atoms with Crippen LogP contribution in [0.3, 0.4) is 0 Å². The number of Topliss-reactive ketones (excluding diaryl/α,β-unsaturated/α-hetero) is 1. The molecule has 0 spiro atoms. The number of nitro groups is 1. The molecule has 31 heavy (non-hydrogen) atoms. The molecule has 0 unspecified atom stereocenters. The predicted octanol–water partition coefficient (Wildman–Crippen LogP) is 3.90. The highest BCUT2D eigenvalue weighted by Crippen LogP contribution is 2.43. The molecular weight excluding hydrogens is 396 g/mol. The molecule has 8 nitrogen and oxygen atoms in total. The summed E-state index contributed by atoms with van der Waals surface area (Å²) < 4.78 is 0. The quantitative estimate of drug-likeness (QED) is 0.575. The van der Waals surface area contributed by atoms with Crippen LogP contribution >= 0.6 is 0 Å². The van der Waals surface area contributed by atoms with E-state index >= 15 is 0 Å². The molecule has 1 aliphatic carbocycles. The second-order valence-corrected chi connectivity index (χ2v) is 7.74. The van der Waals surface area contributed by atoms with Crippen LogP contribution in [0.5, 0.6) is 0 Å². The average Bonchev–Trinajstić information content (AvgIpc) is 2.73. The van der Waals surface area contributed by atoms with Gasteiger partial charge >= 0.3 is 0 Å². The Morgan fingerprint density at radius 3 is 2.71 bits per heavy atom. The van der Waals surface area contributed by atoms with Gasteiger partial charge in [-0.25, -0.2) is 4.98 Å². The number of non-ortho nitro benzene ring substituents is 1. The molecule has 2 heterocycles. The summed E-state index contributed by atoms with van der Waals surface area (Å²) in [5.74, 6) is -0.729. The Morgan fingerprint density at radius 1 is 1.19 bits per heavy atom. The van der Waals surface area contributed by atoms with Crippen molar-refractivity contribution < 1.29 is 14.5 Å². The van der Waals surface area contributed by atoms with Crippen LogP contribution < -0.4 is 10.6 Å². The highest BCUT2D eigenvalue weighted by Gasteiger charge is 2.38. The molecule has 1 amide bonds. The van der Waals surface area contributed by atoms with E-state index in [1.807, 2.05) is 13.0 Å². The van der Waals surface area contributed by atoms with Crippen molar-refractivity contribution in [2.24, 2.45) is 0 Å². The topological polar surface area (TPSA) is 114 Å². The molecule has 8 heteroatoms. The van der Waals surface area contributed by atoms with E-state index in [2.05, 4.69) is 15.6 Å². The standard InChI is InChI=1S/C23H22N4O4/c1-13-6-3-11-19(24-13)26-23(29)20-14(2)25-17-9-5-10-18(28)22(17)21(20)15-7-4-8-16(12-15)27(30)31/h3-4,6-8,11-12,21,25H,5,9-10H2,1-2H3,(H,24,26,29)/t21-/m1/s1. The maximum absolute atomic E-state index is 13.4.